The molecule has 0 amide bonds. The van der Waals surface area contributed by atoms with Crippen molar-refractivity contribution >= 4 is 21.5 Å². The summed E-state index contributed by atoms with van der Waals surface area (Å²) in [6, 6.07) is 5.24. The minimum Gasteiger partial charge on any atom is -0.481 e. The van der Waals surface area contributed by atoms with E-state index in [-0.39, 0.29) is 5.92 Å². The van der Waals surface area contributed by atoms with Gasteiger partial charge in [-0.05, 0) is 37.1 Å². The number of sulfone groups is 1. The Labute approximate surface area is 121 Å². The highest BCUT2D eigenvalue weighted by atomic mass is 32.2. The fourth-order valence-electron chi connectivity index (χ4n) is 2.33. The van der Waals surface area contributed by atoms with Crippen molar-refractivity contribution in [2.24, 2.45) is 5.92 Å². The molecule has 1 aliphatic rings. The molecular formula is C13H15F2NO4S. The number of carbonyl (C=O) groups is 1. The van der Waals surface area contributed by atoms with E-state index in [9.17, 15) is 22.0 Å². The SMILES string of the molecule is O=C(O)C1CCN(c2ccc(S(=O)(=O)C(F)F)cc2)CC1. The number of hydrogen-bond donors (Lipinski definition) is 1. The lowest BCUT2D eigenvalue weighted by atomic mass is 9.97. The average molecular weight is 319 g/mol. The molecule has 1 fully saturated rings. The summed E-state index contributed by atoms with van der Waals surface area (Å²) < 4.78 is 47.5. The normalized spacial score (nSPS) is 17.2. The number of nitrogens with zero attached hydrogens (tertiary/aromatic N) is 1. The number of anilines is 1. The van der Waals surface area contributed by atoms with Crippen molar-refractivity contribution < 1.29 is 27.1 Å². The van der Waals surface area contributed by atoms with Gasteiger partial charge < -0.3 is 10.0 Å². The summed E-state index contributed by atoms with van der Waals surface area (Å²) in [5.74, 6) is -4.61. The Morgan fingerprint density at radius 1 is 1.19 bits per heavy atom. The van der Waals surface area contributed by atoms with E-state index in [4.69, 9.17) is 5.11 Å². The average Bonchev–Trinajstić information content (AvgIpc) is 2.47. The molecule has 1 aliphatic heterocycles. The van der Waals surface area contributed by atoms with Crippen molar-refractivity contribution in [2.45, 2.75) is 23.5 Å². The smallest absolute Gasteiger partial charge is 0.341 e. The largest absolute Gasteiger partial charge is 0.481 e. The molecule has 0 radical (unpaired) electrons. The molecule has 0 aromatic heterocycles. The molecule has 1 heterocycles. The van der Waals surface area contributed by atoms with Crippen LogP contribution in [-0.2, 0) is 14.6 Å². The Hall–Kier alpha value is -1.70. The lowest BCUT2D eigenvalue weighted by Crippen LogP contribution is -2.36. The van der Waals surface area contributed by atoms with Gasteiger partial charge in [-0.25, -0.2) is 8.42 Å². The summed E-state index contributed by atoms with van der Waals surface area (Å²) in [6.07, 6.45) is 1.01. The molecule has 1 aromatic carbocycles. The number of hydrogen-bond acceptors (Lipinski definition) is 4. The van der Waals surface area contributed by atoms with Gasteiger partial charge in [0.05, 0.1) is 10.8 Å². The molecule has 5 nitrogen and oxygen atoms in total. The molecule has 2 rings (SSSR count). The first-order valence-corrected chi connectivity index (χ1v) is 7.97. The molecule has 1 N–H and O–H groups in total. The van der Waals surface area contributed by atoms with E-state index < -0.39 is 26.5 Å². The molecule has 0 unspecified atom stereocenters. The number of aliphatic carboxylic acids is 1. The quantitative estimate of drug-likeness (QED) is 0.918. The van der Waals surface area contributed by atoms with E-state index in [1.54, 1.807) is 0 Å². The van der Waals surface area contributed by atoms with E-state index in [2.05, 4.69) is 0 Å². The molecular weight excluding hydrogens is 304 g/mol. The van der Waals surface area contributed by atoms with Crippen LogP contribution >= 0.6 is 0 Å². The second-order valence-corrected chi connectivity index (χ2v) is 6.82. The van der Waals surface area contributed by atoms with Crippen LogP contribution in [0.15, 0.2) is 29.2 Å². The molecule has 0 atom stereocenters. The highest BCUT2D eigenvalue weighted by molar-refractivity contribution is 7.91. The zero-order valence-corrected chi connectivity index (χ0v) is 11.9. The third kappa shape index (κ3) is 3.31. The van der Waals surface area contributed by atoms with Crippen LogP contribution in [0.25, 0.3) is 0 Å². The van der Waals surface area contributed by atoms with Gasteiger partial charge in [0.25, 0.3) is 0 Å². The minimum absolute atomic E-state index is 0.361. The van der Waals surface area contributed by atoms with Gasteiger partial charge in [0.1, 0.15) is 0 Å². The Morgan fingerprint density at radius 2 is 1.71 bits per heavy atom. The van der Waals surface area contributed by atoms with Crippen molar-refractivity contribution in [1.29, 1.82) is 0 Å². The monoisotopic (exact) mass is 319 g/mol. The summed E-state index contributed by atoms with van der Waals surface area (Å²) >= 11 is 0. The molecule has 1 aromatic rings. The van der Waals surface area contributed by atoms with Crippen LogP contribution in [-0.4, -0.2) is 38.3 Å². The van der Waals surface area contributed by atoms with E-state index in [1.807, 2.05) is 4.90 Å². The fourth-order valence-corrected chi connectivity index (χ4v) is 3.06. The van der Waals surface area contributed by atoms with Gasteiger partial charge >= 0.3 is 11.7 Å². The van der Waals surface area contributed by atoms with Gasteiger partial charge in [-0.15, -0.1) is 0 Å². The predicted octanol–water partition coefficient (Wildman–Crippen LogP) is 1.98. The molecule has 0 bridgehead atoms. The van der Waals surface area contributed by atoms with Gasteiger partial charge in [0.15, 0.2) is 0 Å². The molecule has 116 valence electrons. The topological polar surface area (TPSA) is 74.7 Å². The summed E-state index contributed by atoms with van der Waals surface area (Å²) in [5.41, 5.74) is 0.701. The van der Waals surface area contributed by atoms with E-state index >= 15 is 0 Å². The van der Waals surface area contributed by atoms with Crippen LogP contribution < -0.4 is 4.90 Å². The minimum atomic E-state index is -4.57. The summed E-state index contributed by atoms with van der Waals surface area (Å²) in [6.45, 7) is 1.08. The lowest BCUT2D eigenvalue weighted by Gasteiger charge is -2.32. The third-order valence-corrected chi connectivity index (χ3v) is 5.01. The maximum atomic E-state index is 12.4. The Balaban J connectivity index is 2.09. The zero-order valence-electron chi connectivity index (χ0n) is 11.1. The predicted molar refractivity (Wildman–Crippen MR) is 72.2 cm³/mol. The van der Waals surface area contributed by atoms with Crippen molar-refractivity contribution in [3.05, 3.63) is 24.3 Å². The van der Waals surface area contributed by atoms with Gasteiger partial charge in [-0.1, -0.05) is 0 Å². The second-order valence-electron chi connectivity index (χ2n) is 4.90. The molecule has 8 heteroatoms. The first-order chi connectivity index (χ1) is 9.82. The number of carboxylic acid groups (broad SMARTS) is 1. The van der Waals surface area contributed by atoms with Crippen LogP contribution in [0.4, 0.5) is 14.5 Å². The fraction of sp³-hybridized carbons (Fsp3) is 0.462. The van der Waals surface area contributed by atoms with Crippen molar-refractivity contribution in [2.75, 3.05) is 18.0 Å². The van der Waals surface area contributed by atoms with Gasteiger partial charge in [-0.3, -0.25) is 4.79 Å². The number of halogens is 2. The highest BCUT2D eigenvalue weighted by Crippen LogP contribution is 2.26. The first-order valence-electron chi connectivity index (χ1n) is 6.42. The van der Waals surface area contributed by atoms with Gasteiger partial charge in [0.2, 0.25) is 9.84 Å². The Bertz CT molecular complexity index is 608. The van der Waals surface area contributed by atoms with E-state index in [0.29, 0.717) is 31.6 Å². The highest BCUT2D eigenvalue weighted by Gasteiger charge is 2.27. The van der Waals surface area contributed by atoms with Crippen molar-refractivity contribution in [1.82, 2.24) is 0 Å². The summed E-state index contributed by atoms with van der Waals surface area (Å²) in [4.78, 5) is 12.4. The van der Waals surface area contributed by atoms with Gasteiger partial charge in [-0.2, -0.15) is 8.78 Å². The standard InChI is InChI=1S/C13H15F2NO4S/c14-13(15)21(19,20)11-3-1-10(2-4-11)16-7-5-9(6-8-16)12(17)18/h1-4,9,13H,5-8H2,(H,17,18). The maximum absolute atomic E-state index is 12.4. The number of piperidine rings is 1. The van der Waals surface area contributed by atoms with Gasteiger partial charge in [0, 0.05) is 18.8 Å². The van der Waals surface area contributed by atoms with E-state index in [0.717, 1.165) is 12.1 Å². The summed E-state index contributed by atoms with van der Waals surface area (Å²) in [5, 5.41) is 8.92. The first kappa shape index (κ1) is 15.7. The number of rotatable bonds is 4. The molecule has 0 saturated carbocycles. The Kier molecular flexibility index (Phi) is 4.46. The molecule has 21 heavy (non-hydrogen) atoms. The Morgan fingerprint density at radius 3 is 2.14 bits per heavy atom. The molecule has 1 saturated heterocycles. The number of benzene rings is 1. The van der Waals surface area contributed by atoms with Crippen LogP contribution in [0.3, 0.4) is 0 Å². The zero-order chi connectivity index (χ0) is 15.6. The van der Waals surface area contributed by atoms with Crippen molar-refractivity contribution in [3.8, 4) is 0 Å². The molecule has 0 aliphatic carbocycles. The van der Waals surface area contributed by atoms with Crippen LogP contribution in [0.5, 0.6) is 0 Å². The third-order valence-electron chi connectivity index (χ3n) is 3.61. The number of alkyl halides is 2. The summed E-state index contributed by atoms with van der Waals surface area (Å²) in [7, 11) is -4.57. The van der Waals surface area contributed by atoms with E-state index in [1.165, 1.54) is 12.1 Å². The second kappa shape index (κ2) is 5.97. The number of carboxylic acids is 1. The maximum Gasteiger partial charge on any atom is 0.341 e. The lowest BCUT2D eigenvalue weighted by molar-refractivity contribution is -0.142. The van der Waals surface area contributed by atoms with Crippen LogP contribution in [0, 0.1) is 5.92 Å². The van der Waals surface area contributed by atoms with Crippen LogP contribution in [0.1, 0.15) is 12.8 Å². The molecule has 0 spiro atoms. The van der Waals surface area contributed by atoms with Crippen molar-refractivity contribution in [3.63, 3.8) is 0 Å². The van der Waals surface area contributed by atoms with Crippen LogP contribution in [0.2, 0.25) is 0 Å².